The van der Waals surface area contributed by atoms with Gasteiger partial charge in [-0.3, -0.25) is 15.2 Å². The maximum absolute atomic E-state index is 11.6. The molecule has 1 amide bonds. The average molecular weight is 449 g/mol. The Bertz CT molecular complexity index is 650. The molecule has 0 aliphatic carbocycles. The van der Waals surface area contributed by atoms with Gasteiger partial charge in [-0.25, -0.2) is 4.98 Å². The molecule has 3 rings (SSSR count). The molecule has 0 aromatic carbocycles. The van der Waals surface area contributed by atoms with Gasteiger partial charge in [0.15, 0.2) is 0 Å². The van der Waals surface area contributed by atoms with E-state index in [-0.39, 0.29) is 17.8 Å². The summed E-state index contributed by atoms with van der Waals surface area (Å²) in [4.78, 5) is 25.1. The standard InChI is InChI=1S/C12H19N3O.C5H5N.C2H6N2.3C2H6/c1-7-5-11(15(6-7)10(4)16)12-13-8(2)9(3)14-12;1-2-4-6-5-3-1;1-2(3)4;3*1-2/h7,11H,5-6H2,1-4H3,(H,13,14);1-5H;1H3,(H3,3,4);3*1-2H3. The molecule has 184 valence electrons. The average Bonchev–Trinajstić information content (AvgIpc) is 3.36. The Balaban J connectivity index is -0.000000435. The SMILES string of the molecule is CC.CC.CC.CC(=N)N.CC(=O)N1CC(C)CC1c1nc(C)c(C)[nH]1.c1ccncc1. The van der Waals surface area contributed by atoms with Crippen molar-refractivity contribution in [3.05, 3.63) is 47.8 Å². The van der Waals surface area contributed by atoms with Crippen LogP contribution in [0.1, 0.15) is 92.0 Å². The molecule has 2 atom stereocenters. The number of carbonyl (C=O) groups is 1. The van der Waals surface area contributed by atoms with Gasteiger partial charge in [-0.1, -0.05) is 54.5 Å². The van der Waals surface area contributed by atoms with Crippen molar-refractivity contribution < 1.29 is 4.79 Å². The fraction of sp³-hybridized carbons (Fsp3) is 0.600. The van der Waals surface area contributed by atoms with Crippen LogP contribution >= 0.6 is 0 Å². The first-order valence-electron chi connectivity index (χ1n) is 11.7. The summed E-state index contributed by atoms with van der Waals surface area (Å²) in [5.41, 5.74) is 6.82. The van der Waals surface area contributed by atoms with Crippen LogP contribution in [0.2, 0.25) is 0 Å². The molecule has 1 saturated heterocycles. The summed E-state index contributed by atoms with van der Waals surface area (Å²) in [7, 11) is 0. The highest BCUT2D eigenvalue weighted by Gasteiger charge is 2.34. The molecule has 3 heterocycles. The van der Waals surface area contributed by atoms with E-state index in [1.165, 1.54) is 6.92 Å². The zero-order chi connectivity index (χ0) is 25.7. The summed E-state index contributed by atoms with van der Waals surface area (Å²) in [6, 6.07) is 5.85. The molecule has 4 N–H and O–H groups in total. The van der Waals surface area contributed by atoms with Crippen LogP contribution in [0.4, 0.5) is 0 Å². The number of amides is 1. The molecule has 32 heavy (non-hydrogen) atoms. The number of nitrogens with one attached hydrogen (secondary N) is 2. The van der Waals surface area contributed by atoms with Crippen LogP contribution in [0, 0.1) is 25.2 Å². The predicted octanol–water partition coefficient (Wildman–Crippen LogP) is 6.06. The lowest BCUT2D eigenvalue weighted by molar-refractivity contribution is -0.130. The van der Waals surface area contributed by atoms with Gasteiger partial charge in [-0.2, -0.15) is 0 Å². The molecule has 2 aromatic rings. The molecule has 7 nitrogen and oxygen atoms in total. The molecule has 1 aliphatic rings. The smallest absolute Gasteiger partial charge is 0.220 e. The third-order valence-electron chi connectivity index (χ3n) is 3.94. The maximum atomic E-state index is 11.6. The molecule has 2 aromatic heterocycles. The van der Waals surface area contributed by atoms with Gasteiger partial charge >= 0.3 is 0 Å². The van der Waals surface area contributed by atoms with Crippen molar-refractivity contribution in [2.75, 3.05) is 6.54 Å². The van der Waals surface area contributed by atoms with E-state index in [9.17, 15) is 4.79 Å². The Morgan fingerprint density at radius 1 is 1.06 bits per heavy atom. The number of imidazole rings is 1. The van der Waals surface area contributed by atoms with Gasteiger partial charge < -0.3 is 15.6 Å². The number of hydrogen-bond acceptors (Lipinski definition) is 4. The Morgan fingerprint density at radius 3 is 1.81 bits per heavy atom. The Labute approximate surface area is 196 Å². The number of hydrogen-bond donors (Lipinski definition) is 3. The van der Waals surface area contributed by atoms with E-state index in [4.69, 9.17) is 11.1 Å². The number of carbonyl (C=O) groups excluding carboxylic acids is 1. The lowest BCUT2D eigenvalue weighted by Gasteiger charge is -2.21. The van der Waals surface area contributed by atoms with E-state index in [2.05, 4.69) is 21.9 Å². The normalized spacial score (nSPS) is 15.4. The van der Waals surface area contributed by atoms with Crippen LogP contribution in [0.15, 0.2) is 30.6 Å². The fourth-order valence-corrected chi connectivity index (χ4v) is 2.70. The Morgan fingerprint density at radius 2 is 1.53 bits per heavy atom. The summed E-state index contributed by atoms with van der Waals surface area (Å²) in [6.45, 7) is 22.2. The van der Waals surface area contributed by atoms with E-state index < -0.39 is 0 Å². The monoisotopic (exact) mass is 448 g/mol. The summed E-state index contributed by atoms with van der Waals surface area (Å²) >= 11 is 0. The minimum Gasteiger partial charge on any atom is -0.388 e. The molecule has 0 spiro atoms. The quantitative estimate of drug-likeness (QED) is 0.363. The van der Waals surface area contributed by atoms with Crippen molar-refractivity contribution >= 4 is 11.7 Å². The Kier molecular flexibility index (Phi) is 22.8. The maximum Gasteiger partial charge on any atom is 0.220 e. The molecule has 0 saturated carbocycles. The van der Waals surface area contributed by atoms with Crippen LogP contribution < -0.4 is 5.73 Å². The van der Waals surface area contributed by atoms with Gasteiger partial charge in [-0.05, 0) is 45.2 Å². The summed E-state index contributed by atoms with van der Waals surface area (Å²) in [6.07, 6.45) is 4.51. The van der Waals surface area contributed by atoms with Crippen molar-refractivity contribution in [1.82, 2.24) is 19.9 Å². The number of pyridine rings is 1. The van der Waals surface area contributed by atoms with E-state index in [1.54, 1.807) is 19.3 Å². The third kappa shape index (κ3) is 15.2. The van der Waals surface area contributed by atoms with Crippen molar-refractivity contribution in [3.63, 3.8) is 0 Å². The van der Waals surface area contributed by atoms with Crippen LogP contribution in [0.5, 0.6) is 0 Å². The minimum absolute atomic E-state index is 0.139. The predicted molar refractivity (Wildman–Crippen MR) is 138 cm³/mol. The number of rotatable bonds is 1. The van der Waals surface area contributed by atoms with Gasteiger partial charge in [0.25, 0.3) is 0 Å². The van der Waals surface area contributed by atoms with Gasteiger partial charge in [0.2, 0.25) is 5.91 Å². The molecule has 0 radical (unpaired) electrons. The highest BCUT2D eigenvalue weighted by Crippen LogP contribution is 2.34. The van der Waals surface area contributed by atoms with Crippen molar-refractivity contribution in [2.45, 2.75) is 88.6 Å². The second-order valence-electron chi connectivity index (χ2n) is 6.57. The lowest BCUT2D eigenvalue weighted by atomic mass is 10.1. The number of aromatic amines is 1. The van der Waals surface area contributed by atoms with Crippen LogP contribution in [0.3, 0.4) is 0 Å². The third-order valence-corrected chi connectivity index (χ3v) is 3.94. The van der Waals surface area contributed by atoms with Crippen molar-refractivity contribution in [1.29, 1.82) is 5.41 Å². The van der Waals surface area contributed by atoms with Crippen molar-refractivity contribution in [2.24, 2.45) is 11.7 Å². The largest absolute Gasteiger partial charge is 0.388 e. The number of aromatic nitrogens is 3. The van der Waals surface area contributed by atoms with Crippen LogP contribution in [0.25, 0.3) is 0 Å². The van der Waals surface area contributed by atoms with Crippen LogP contribution in [-0.4, -0.2) is 38.1 Å². The second kappa shape index (κ2) is 21.5. The lowest BCUT2D eigenvalue weighted by Crippen LogP contribution is -2.29. The van der Waals surface area contributed by atoms with E-state index >= 15 is 0 Å². The summed E-state index contributed by atoms with van der Waals surface area (Å²) < 4.78 is 0. The zero-order valence-corrected chi connectivity index (χ0v) is 22.3. The summed E-state index contributed by atoms with van der Waals surface area (Å²) in [5.74, 6) is 1.80. The van der Waals surface area contributed by atoms with Gasteiger partial charge in [0, 0.05) is 31.6 Å². The molecule has 7 heteroatoms. The highest BCUT2D eigenvalue weighted by atomic mass is 16.2. The molecule has 1 aliphatic heterocycles. The molecular weight excluding hydrogens is 400 g/mol. The molecule has 1 fully saturated rings. The van der Waals surface area contributed by atoms with E-state index in [1.807, 2.05) is 78.5 Å². The number of aryl methyl sites for hydroxylation is 2. The number of H-pyrrole nitrogens is 1. The van der Waals surface area contributed by atoms with E-state index in [0.29, 0.717) is 5.92 Å². The van der Waals surface area contributed by atoms with Gasteiger partial charge in [0.05, 0.1) is 17.6 Å². The van der Waals surface area contributed by atoms with Gasteiger partial charge in [0.1, 0.15) is 5.82 Å². The van der Waals surface area contributed by atoms with Gasteiger partial charge in [-0.15, -0.1) is 0 Å². The summed E-state index contributed by atoms with van der Waals surface area (Å²) in [5, 5.41) is 6.28. The first kappa shape index (κ1) is 33.9. The second-order valence-corrected chi connectivity index (χ2v) is 6.57. The zero-order valence-electron chi connectivity index (χ0n) is 22.3. The molecular formula is C25H48N6O. The molecule has 2 unspecified atom stereocenters. The number of amidine groups is 1. The molecule has 0 bridgehead atoms. The Hall–Kier alpha value is -2.70. The topological polar surface area (TPSA) is 112 Å². The fourth-order valence-electron chi connectivity index (χ4n) is 2.70. The number of nitrogens with zero attached hydrogens (tertiary/aromatic N) is 3. The number of nitrogens with two attached hydrogens (primary N) is 1. The van der Waals surface area contributed by atoms with E-state index in [0.717, 1.165) is 30.2 Å². The van der Waals surface area contributed by atoms with Crippen LogP contribution in [-0.2, 0) is 4.79 Å². The highest BCUT2D eigenvalue weighted by molar-refractivity contribution is 5.74. The first-order valence-corrected chi connectivity index (χ1v) is 11.7. The van der Waals surface area contributed by atoms with Crippen molar-refractivity contribution in [3.8, 4) is 0 Å². The minimum atomic E-state index is 0.139. The number of likely N-dealkylation sites (tertiary alicyclic amines) is 1. The first-order chi connectivity index (χ1) is 15.2.